The monoisotopic (exact) mass is 319 g/mol. The van der Waals surface area contributed by atoms with E-state index >= 15 is 0 Å². The van der Waals surface area contributed by atoms with Gasteiger partial charge in [0.1, 0.15) is 5.82 Å². The van der Waals surface area contributed by atoms with E-state index in [2.05, 4.69) is 24.0 Å². The van der Waals surface area contributed by atoms with Crippen molar-refractivity contribution in [3.05, 3.63) is 41.7 Å². The lowest BCUT2D eigenvalue weighted by atomic mass is 10.2. The molecule has 6 heteroatoms. The molecule has 2 rings (SSSR count). The lowest BCUT2D eigenvalue weighted by molar-refractivity contribution is 0.102. The summed E-state index contributed by atoms with van der Waals surface area (Å²) < 4.78 is 7.19. The highest BCUT2D eigenvalue weighted by atomic mass is 32.2. The van der Waals surface area contributed by atoms with Crippen molar-refractivity contribution in [2.24, 2.45) is 0 Å². The van der Waals surface area contributed by atoms with E-state index in [0.29, 0.717) is 18.9 Å². The van der Waals surface area contributed by atoms with Gasteiger partial charge in [-0.1, -0.05) is 55.9 Å². The molecule has 2 aromatic rings. The molecule has 22 heavy (non-hydrogen) atoms. The summed E-state index contributed by atoms with van der Waals surface area (Å²) in [5, 5.41) is 9.24. The third-order valence-electron chi connectivity index (χ3n) is 3.21. The van der Waals surface area contributed by atoms with Crippen LogP contribution in [0.25, 0.3) is 0 Å². The van der Waals surface area contributed by atoms with Gasteiger partial charge in [0.05, 0.1) is 12.4 Å². The maximum absolute atomic E-state index is 12.2. The maximum Gasteiger partial charge on any atom is 0.191 e. The normalized spacial score (nSPS) is 11.1. The molecule has 0 saturated carbocycles. The fourth-order valence-electron chi connectivity index (χ4n) is 2.06. The summed E-state index contributed by atoms with van der Waals surface area (Å²) in [5.74, 6) is 1.65. The van der Waals surface area contributed by atoms with Gasteiger partial charge in [-0.05, 0) is 0 Å². The van der Waals surface area contributed by atoms with Crippen LogP contribution in [0.1, 0.15) is 35.9 Å². The van der Waals surface area contributed by atoms with Crippen molar-refractivity contribution < 1.29 is 9.53 Å². The third-order valence-corrected chi connectivity index (χ3v) is 4.18. The molecule has 118 valence electrons. The van der Waals surface area contributed by atoms with E-state index in [1.807, 2.05) is 34.9 Å². The van der Waals surface area contributed by atoms with E-state index in [0.717, 1.165) is 16.5 Å². The number of ether oxygens (including phenoxy) is 1. The highest BCUT2D eigenvalue weighted by Crippen LogP contribution is 2.22. The smallest absolute Gasteiger partial charge is 0.191 e. The molecule has 5 nitrogen and oxygen atoms in total. The van der Waals surface area contributed by atoms with Crippen LogP contribution in [0.3, 0.4) is 0 Å². The topological polar surface area (TPSA) is 57.0 Å². The second-order valence-corrected chi connectivity index (χ2v) is 6.16. The average Bonchev–Trinajstić information content (AvgIpc) is 2.94. The lowest BCUT2D eigenvalue weighted by Gasteiger charge is -2.11. The van der Waals surface area contributed by atoms with Crippen LogP contribution in [0.2, 0.25) is 0 Å². The summed E-state index contributed by atoms with van der Waals surface area (Å²) in [6, 6.07) is 9.31. The number of carbonyl (C=O) groups is 1. The van der Waals surface area contributed by atoms with Crippen molar-refractivity contribution >= 4 is 17.5 Å². The Morgan fingerprint density at radius 3 is 2.64 bits per heavy atom. The SMILES string of the molecule is COCCn1c(SCC(=O)c2ccccc2)nnc1C(C)C. The molecule has 0 amide bonds. The number of hydrogen-bond donors (Lipinski definition) is 0. The number of nitrogens with zero attached hydrogens (tertiary/aromatic N) is 3. The number of rotatable bonds is 8. The van der Waals surface area contributed by atoms with E-state index in [4.69, 9.17) is 4.74 Å². The van der Waals surface area contributed by atoms with Crippen LogP contribution < -0.4 is 0 Å². The van der Waals surface area contributed by atoms with Crippen LogP contribution in [-0.4, -0.2) is 40.0 Å². The molecule has 0 atom stereocenters. The Bertz CT molecular complexity index is 611. The number of benzene rings is 1. The molecule has 0 fully saturated rings. The summed E-state index contributed by atoms with van der Waals surface area (Å²) in [6.07, 6.45) is 0. The van der Waals surface area contributed by atoms with Gasteiger partial charge in [0.25, 0.3) is 0 Å². The zero-order valence-electron chi connectivity index (χ0n) is 13.2. The molecule has 0 unspecified atom stereocenters. The first-order valence-electron chi connectivity index (χ1n) is 7.26. The van der Waals surface area contributed by atoms with Crippen molar-refractivity contribution in [2.45, 2.75) is 31.5 Å². The summed E-state index contributed by atoms with van der Waals surface area (Å²) in [7, 11) is 1.67. The number of hydrogen-bond acceptors (Lipinski definition) is 5. The highest BCUT2D eigenvalue weighted by Gasteiger charge is 2.16. The second kappa shape index (κ2) is 8.10. The number of methoxy groups -OCH3 is 1. The molecule has 1 heterocycles. The van der Waals surface area contributed by atoms with Gasteiger partial charge in [-0.15, -0.1) is 10.2 Å². The summed E-state index contributed by atoms with van der Waals surface area (Å²) in [4.78, 5) is 12.2. The standard InChI is InChI=1S/C16H21N3O2S/c1-12(2)15-17-18-16(19(15)9-10-21-3)22-11-14(20)13-7-5-4-6-8-13/h4-8,12H,9-11H2,1-3H3. The fourth-order valence-corrected chi connectivity index (χ4v) is 2.93. The second-order valence-electron chi connectivity index (χ2n) is 5.22. The first-order valence-corrected chi connectivity index (χ1v) is 8.25. The molecular weight excluding hydrogens is 298 g/mol. The van der Waals surface area contributed by atoms with E-state index in [9.17, 15) is 4.79 Å². The Kier molecular flexibility index (Phi) is 6.15. The zero-order valence-corrected chi connectivity index (χ0v) is 14.0. The maximum atomic E-state index is 12.2. The average molecular weight is 319 g/mol. The number of thioether (sulfide) groups is 1. The van der Waals surface area contributed by atoms with Gasteiger partial charge in [0, 0.05) is 25.1 Å². The minimum atomic E-state index is 0.0954. The van der Waals surface area contributed by atoms with Crippen molar-refractivity contribution in [1.29, 1.82) is 0 Å². The molecule has 0 aliphatic carbocycles. The molecule has 0 bridgehead atoms. The molecule has 0 saturated heterocycles. The molecule has 0 N–H and O–H groups in total. The predicted octanol–water partition coefficient (Wildman–Crippen LogP) is 3.02. The van der Waals surface area contributed by atoms with Crippen LogP contribution in [-0.2, 0) is 11.3 Å². The number of Topliss-reactive ketones (excluding diaryl/α,β-unsaturated/α-hetero) is 1. The minimum Gasteiger partial charge on any atom is -0.383 e. The molecule has 0 radical (unpaired) electrons. The fraction of sp³-hybridized carbons (Fsp3) is 0.438. The quantitative estimate of drug-likeness (QED) is 0.553. The molecule has 1 aromatic carbocycles. The first kappa shape index (κ1) is 16.7. The number of aromatic nitrogens is 3. The Balaban J connectivity index is 2.07. The van der Waals surface area contributed by atoms with E-state index in [1.54, 1.807) is 7.11 Å². The summed E-state index contributed by atoms with van der Waals surface area (Å²) in [5.41, 5.74) is 0.724. The van der Waals surface area contributed by atoms with Crippen LogP contribution in [0.5, 0.6) is 0 Å². The Labute approximate surface area is 135 Å². The Morgan fingerprint density at radius 2 is 2.00 bits per heavy atom. The summed E-state index contributed by atoms with van der Waals surface area (Å²) >= 11 is 1.42. The van der Waals surface area contributed by atoms with E-state index < -0.39 is 0 Å². The molecule has 0 aliphatic heterocycles. The van der Waals surface area contributed by atoms with Gasteiger partial charge in [-0.3, -0.25) is 4.79 Å². The highest BCUT2D eigenvalue weighted by molar-refractivity contribution is 7.99. The largest absolute Gasteiger partial charge is 0.383 e. The number of carbonyl (C=O) groups excluding carboxylic acids is 1. The van der Waals surface area contributed by atoms with Gasteiger partial charge in [0.15, 0.2) is 10.9 Å². The molecule has 0 aliphatic rings. The minimum absolute atomic E-state index is 0.0954. The van der Waals surface area contributed by atoms with Gasteiger partial charge >= 0.3 is 0 Å². The van der Waals surface area contributed by atoms with Crippen molar-refractivity contribution in [3.8, 4) is 0 Å². The first-order chi connectivity index (χ1) is 10.6. The van der Waals surface area contributed by atoms with Gasteiger partial charge < -0.3 is 9.30 Å². The van der Waals surface area contributed by atoms with Crippen LogP contribution in [0, 0.1) is 0 Å². The predicted molar refractivity (Wildman–Crippen MR) is 87.5 cm³/mol. The van der Waals surface area contributed by atoms with E-state index in [1.165, 1.54) is 11.8 Å². The Hall–Kier alpha value is -1.66. The lowest BCUT2D eigenvalue weighted by Crippen LogP contribution is -2.11. The summed E-state index contributed by atoms with van der Waals surface area (Å²) in [6.45, 7) is 5.45. The third kappa shape index (κ3) is 4.18. The molecular formula is C16H21N3O2S. The zero-order chi connectivity index (χ0) is 15.9. The van der Waals surface area contributed by atoms with Gasteiger partial charge in [0.2, 0.25) is 0 Å². The van der Waals surface area contributed by atoms with Gasteiger partial charge in [-0.2, -0.15) is 0 Å². The molecule has 1 aromatic heterocycles. The van der Waals surface area contributed by atoms with Crippen LogP contribution in [0.15, 0.2) is 35.5 Å². The van der Waals surface area contributed by atoms with E-state index in [-0.39, 0.29) is 11.7 Å². The van der Waals surface area contributed by atoms with Crippen LogP contribution >= 0.6 is 11.8 Å². The van der Waals surface area contributed by atoms with Crippen molar-refractivity contribution in [3.63, 3.8) is 0 Å². The van der Waals surface area contributed by atoms with Crippen molar-refractivity contribution in [1.82, 2.24) is 14.8 Å². The van der Waals surface area contributed by atoms with Crippen LogP contribution in [0.4, 0.5) is 0 Å². The van der Waals surface area contributed by atoms with Gasteiger partial charge in [-0.25, -0.2) is 0 Å². The number of ketones is 1. The van der Waals surface area contributed by atoms with Crippen molar-refractivity contribution in [2.75, 3.05) is 19.5 Å². The Morgan fingerprint density at radius 1 is 1.27 bits per heavy atom. The molecule has 0 spiro atoms.